The maximum absolute atomic E-state index is 12.6. The Balaban J connectivity index is 3.25. The van der Waals surface area contributed by atoms with E-state index in [1.807, 2.05) is 0 Å². The molecule has 0 aliphatic carbocycles. The summed E-state index contributed by atoms with van der Waals surface area (Å²) in [5.41, 5.74) is 0. The van der Waals surface area contributed by atoms with Gasteiger partial charge in [0, 0.05) is 0 Å². The third-order valence-electron chi connectivity index (χ3n) is 1.79. The molecule has 9 heteroatoms. The molecule has 1 rings (SSSR count). The minimum atomic E-state index is -8.44. The van der Waals surface area contributed by atoms with Crippen molar-refractivity contribution in [3.63, 3.8) is 0 Å². The van der Waals surface area contributed by atoms with Gasteiger partial charge in [0.2, 0.25) is 0 Å². The van der Waals surface area contributed by atoms with Crippen LogP contribution in [0.5, 0.6) is 0 Å². The predicted molar refractivity (Wildman–Crippen MR) is 30.3 cm³/mol. The van der Waals surface area contributed by atoms with E-state index in [1.165, 1.54) is 0 Å². The Hall–Kier alpha value is -0.392. The molecular formula is C4H3AsF6O2. The summed E-state index contributed by atoms with van der Waals surface area (Å²) in [6.07, 6.45) is 0. The molecule has 2 nitrogen and oxygen atoms in total. The first-order chi connectivity index (χ1) is 5.43. The van der Waals surface area contributed by atoms with Gasteiger partial charge in [-0.3, -0.25) is 0 Å². The van der Waals surface area contributed by atoms with Crippen LogP contribution in [0.1, 0.15) is 0 Å². The summed E-state index contributed by atoms with van der Waals surface area (Å²) in [6, 6.07) is 0. The number of carboxylic acid groups (broad SMARTS) is 1. The molecule has 1 unspecified atom stereocenters. The number of rotatable bonds is 1. The van der Waals surface area contributed by atoms with Gasteiger partial charge in [0.1, 0.15) is 0 Å². The summed E-state index contributed by atoms with van der Waals surface area (Å²) < 4.78 is 68.5. The molecule has 0 saturated carbocycles. The Kier molecular flexibility index (Phi) is 1.64. The van der Waals surface area contributed by atoms with Crippen molar-refractivity contribution < 1.29 is 33.5 Å². The fraction of sp³-hybridized carbons (Fsp3) is 0.750. The Morgan fingerprint density at radius 2 is 1.62 bits per heavy atom. The van der Waals surface area contributed by atoms with Crippen LogP contribution in [0.15, 0.2) is 0 Å². The van der Waals surface area contributed by atoms with E-state index < -0.39 is 35.4 Å². The van der Waals surface area contributed by atoms with Crippen molar-refractivity contribution in [3.05, 3.63) is 0 Å². The Morgan fingerprint density at radius 1 is 1.23 bits per heavy atom. The first-order valence-corrected chi connectivity index (χ1v) is 7.29. The number of hydrogen-bond acceptors (Lipinski definition) is 1. The summed E-state index contributed by atoms with van der Waals surface area (Å²) in [5, 5.41) is 5.22. The van der Waals surface area contributed by atoms with E-state index in [0.29, 0.717) is 0 Å². The molecule has 0 aromatic carbocycles. The van der Waals surface area contributed by atoms with Crippen LogP contribution in [0, 0.1) is 0 Å². The summed E-state index contributed by atoms with van der Waals surface area (Å²) in [4.78, 5) is 9.81. The molecule has 13 heavy (non-hydrogen) atoms. The zero-order valence-corrected chi connectivity index (χ0v) is 7.65. The zero-order valence-electron chi connectivity index (χ0n) is 5.78. The van der Waals surface area contributed by atoms with Crippen LogP contribution in [-0.2, 0) is 4.79 Å². The number of carbonyl (C=O) groups is 1. The molecule has 0 bridgehead atoms. The van der Waals surface area contributed by atoms with Crippen molar-refractivity contribution in [2.75, 3.05) is 0 Å². The van der Waals surface area contributed by atoms with Gasteiger partial charge in [-0.2, -0.15) is 0 Å². The van der Waals surface area contributed by atoms with E-state index in [2.05, 4.69) is 0 Å². The normalized spacial score (nSPS) is 42.5. The van der Waals surface area contributed by atoms with E-state index in [9.17, 15) is 28.4 Å². The Bertz CT molecular complexity index is 282. The van der Waals surface area contributed by atoms with E-state index in [-0.39, 0.29) is 0 Å². The molecule has 1 atom stereocenters. The van der Waals surface area contributed by atoms with E-state index in [1.54, 1.807) is 0 Å². The monoisotopic (exact) mass is 272 g/mol. The predicted octanol–water partition coefficient (Wildman–Crippen LogP) is 1.77. The van der Waals surface area contributed by atoms with Crippen LogP contribution < -0.4 is 0 Å². The molecule has 0 aromatic heterocycles. The standard InChI is InChI=1S/C4H3AsF6O2/c6-3(7)1-5(9,10,11)4(3,8)2(12)13/h1H2,(H,12,13). The topological polar surface area (TPSA) is 37.3 Å². The number of halogens is 6. The molecule has 1 saturated heterocycles. The fourth-order valence-corrected chi connectivity index (χ4v) is 4.96. The van der Waals surface area contributed by atoms with Crippen molar-refractivity contribution >= 4 is 19.8 Å². The van der Waals surface area contributed by atoms with Crippen molar-refractivity contribution in [3.8, 4) is 0 Å². The van der Waals surface area contributed by atoms with Crippen LogP contribution in [0.25, 0.3) is 0 Å². The van der Waals surface area contributed by atoms with Gasteiger partial charge in [0.15, 0.2) is 0 Å². The van der Waals surface area contributed by atoms with Crippen molar-refractivity contribution in [1.29, 1.82) is 0 Å². The van der Waals surface area contributed by atoms with Gasteiger partial charge in [0.25, 0.3) is 0 Å². The second-order valence-corrected chi connectivity index (χ2v) is 8.74. The second-order valence-electron chi connectivity index (χ2n) is 2.75. The van der Waals surface area contributed by atoms with E-state index in [0.717, 1.165) is 0 Å². The van der Waals surface area contributed by atoms with E-state index in [4.69, 9.17) is 5.11 Å². The molecule has 1 heterocycles. The summed E-state index contributed by atoms with van der Waals surface area (Å²) >= 11 is -8.44. The first-order valence-electron chi connectivity index (χ1n) is 2.90. The average Bonchev–Trinajstić information content (AvgIpc) is 1.80. The number of alkyl halides is 3. The van der Waals surface area contributed by atoms with Crippen LogP contribution in [0.3, 0.4) is 0 Å². The van der Waals surface area contributed by atoms with Crippen molar-refractivity contribution in [2.24, 2.45) is 0 Å². The Labute approximate surface area is 69.7 Å². The van der Waals surface area contributed by atoms with Crippen LogP contribution in [0.2, 0.25) is 5.21 Å². The summed E-state index contributed by atoms with van der Waals surface area (Å²) in [6.45, 7) is 0. The molecule has 1 fully saturated rings. The van der Waals surface area contributed by atoms with Crippen LogP contribution >= 0.6 is 0 Å². The second kappa shape index (κ2) is 1.99. The molecule has 0 amide bonds. The van der Waals surface area contributed by atoms with Gasteiger partial charge in [0.05, 0.1) is 0 Å². The molecule has 1 aliphatic heterocycles. The van der Waals surface area contributed by atoms with E-state index >= 15 is 0 Å². The van der Waals surface area contributed by atoms with Crippen molar-refractivity contribution in [2.45, 2.75) is 15.6 Å². The van der Waals surface area contributed by atoms with Gasteiger partial charge in [-0.25, -0.2) is 0 Å². The van der Waals surface area contributed by atoms with Crippen LogP contribution in [-0.4, -0.2) is 35.3 Å². The van der Waals surface area contributed by atoms with Gasteiger partial charge in [-0.1, -0.05) is 0 Å². The first kappa shape index (κ1) is 10.7. The third-order valence-corrected chi connectivity index (χ3v) is 7.18. The molecule has 1 aliphatic rings. The molecule has 0 aromatic rings. The molecule has 0 radical (unpaired) electrons. The van der Waals surface area contributed by atoms with Gasteiger partial charge >= 0.3 is 68.9 Å². The van der Waals surface area contributed by atoms with Crippen molar-refractivity contribution in [1.82, 2.24) is 0 Å². The number of aliphatic carboxylic acids is 1. The SMILES string of the molecule is O=C(O)C1(F)C(F)(F)C[As]1(F)(F)F. The average molecular weight is 272 g/mol. The molecule has 1 N–H and O–H groups in total. The van der Waals surface area contributed by atoms with Gasteiger partial charge in [-0.05, 0) is 0 Å². The molecular weight excluding hydrogens is 269 g/mol. The number of carboxylic acids is 1. The summed E-state index contributed by atoms with van der Waals surface area (Å²) in [5.74, 6) is -7.95. The number of hydrogen-bond donors (Lipinski definition) is 1. The fourth-order valence-electron chi connectivity index (χ4n) is 1.08. The Morgan fingerprint density at radius 3 is 1.69 bits per heavy atom. The molecule has 78 valence electrons. The zero-order chi connectivity index (χ0) is 10.7. The summed E-state index contributed by atoms with van der Waals surface area (Å²) in [7, 11) is 0. The van der Waals surface area contributed by atoms with Gasteiger partial charge in [-0.15, -0.1) is 0 Å². The quantitative estimate of drug-likeness (QED) is 0.583. The third kappa shape index (κ3) is 0.949. The molecule has 0 spiro atoms. The van der Waals surface area contributed by atoms with Crippen LogP contribution in [0.4, 0.5) is 23.6 Å². The minimum absolute atomic E-state index is 2.58. The van der Waals surface area contributed by atoms with Gasteiger partial charge < -0.3 is 0 Å². The maximum atomic E-state index is 12.6.